The number of halogens is 3. The number of amides is 1. The van der Waals surface area contributed by atoms with E-state index in [4.69, 9.17) is 4.74 Å². The first-order valence-electron chi connectivity index (χ1n) is 10.9. The lowest BCUT2D eigenvalue weighted by atomic mass is 10.1. The molecule has 3 aromatic rings. The minimum atomic E-state index is -4.58. The number of benzene rings is 1. The summed E-state index contributed by atoms with van der Waals surface area (Å²) in [7, 11) is 0. The average molecular weight is 471 g/mol. The summed E-state index contributed by atoms with van der Waals surface area (Å²) < 4.78 is 46.0. The third-order valence-electron chi connectivity index (χ3n) is 5.41. The van der Waals surface area contributed by atoms with Gasteiger partial charge in [-0.2, -0.15) is 13.2 Å². The van der Waals surface area contributed by atoms with E-state index in [1.165, 1.54) is 12.1 Å². The molecular weight excluding hydrogens is 447 g/mol. The maximum Gasteiger partial charge on any atom is 0.419 e. The van der Waals surface area contributed by atoms with Gasteiger partial charge in [-0.05, 0) is 61.3 Å². The van der Waals surface area contributed by atoms with Crippen molar-refractivity contribution < 1.29 is 22.7 Å². The molecule has 178 valence electrons. The number of carbonyl (C=O) groups excluding carboxylic acids is 1. The topological polar surface area (TPSA) is 88.2 Å². The van der Waals surface area contributed by atoms with Crippen molar-refractivity contribution in [1.29, 1.82) is 0 Å². The summed E-state index contributed by atoms with van der Waals surface area (Å²) in [6, 6.07) is 10.2. The molecule has 34 heavy (non-hydrogen) atoms. The molecule has 1 aliphatic heterocycles. The maximum absolute atomic E-state index is 13.5. The zero-order valence-corrected chi connectivity index (χ0v) is 18.2. The monoisotopic (exact) mass is 471 g/mol. The highest BCUT2D eigenvalue weighted by atomic mass is 19.4. The summed E-state index contributed by atoms with van der Waals surface area (Å²) in [5, 5.41) is 8.95. The largest absolute Gasteiger partial charge is 0.491 e. The van der Waals surface area contributed by atoms with E-state index in [-0.39, 0.29) is 29.6 Å². The van der Waals surface area contributed by atoms with Crippen molar-refractivity contribution in [3.63, 3.8) is 0 Å². The van der Waals surface area contributed by atoms with Crippen molar-refractivity contribution >= 4 is 17.4 Å². The average Bonchev–Trinajstić information content (AvgIpc) is 3.35. The summed E-state index contributed by atoms with van der Waals surface area (Å²) in [4.78, 5) is 21.1. The Morgan fingerprint density at radius 3 is 2.71 bits per heavy atom. The second-order valence-corrected chi connectivity index (χ2v) is 7.88. The minimum Gasteiger partial charge on any atom is -0.491 e. The number of nitrogens with one attached hydrogen (secondary N) is 3. The van der Waals surface area contributed by atoms with Gasteiger partial charge >= 0.3 is 6.18 Å². The highest BCUT2D eigenvalue weighted by Crippen LogP contribution is 2.38. The van der Waals surface area contributed by atoms with E-state index >= 15 is 0 Å². The van der Waals surface area contributed by atoms with Crippen LogP contribution in [0.2, 0.25) is 0 Å². The molecule has 10 heteroatoms. The molecule has 1 atom stereocenters. The molecule has 7 nitrogen and oxygen atoms in total. The number of pyridine rings is 2. The van der Waals surface area contributed by atoms with Gasteiger partial charge in [0.2, 0.25) is 0 Å². The van der Waals surface area contributed by atoms with Crippen LogP contribution in [0.4, 0.5) is 24.7 Å². The molecule has 0 saturated carbocycles. The number of hydrogen-bond donors (Lipinski definition) is 3. The van der Waals surface area contributed by atoms with Crippen LogP contribution in [0.5, 0.6) is 5.75 Å². The van der Waals surface area contributed by atoms with E-state index in [2.05, 4.69) is 25.9 Å². The fourth-order valence-corrected chi connectivity index (χ4v) is 3.66. The van der Waals surface area contributed by atoms with E-state index in [0.29, 0.717) is 12.4 Å². The summed E-state index contributed by atoms with van der Waals surface area (Å²) in [6.45, 7) is 1.36. The predicted molar refractivity (Wildman–Crippen MR) is 122 cm³/mol. The molecule has 3 N–H and O–H groups in total. The predicted octanol–water partition coefficient (Wildman–Crippen LogP) is 4.49. The van der Waals surface area contributed by atoms with Gasteiger partial charge in [-0.1, -0.05) is 0 Å². The van der Waals surface area contributed by atoms with E-state index in [1.54, 1.807) is 30.7 Å². The Balaban J connectivity index is 1.49. The Bertz CT molecular complexity index is 1120. The lowest BCUT2D eigenvalue weighted by Gasteiger charge is -2.18. The maximum atomic E-state index is 13.5. The quantitative estimate of drug-likeness (QED) is 0.449. The van der Waals surface area contributed by atoms with E-state index in [0.717, 1.165) is 31.0 Å². The number of hydrogen-bond acceptors (Lipinski definition) is 6. The first-order chi connectivity index (χ1) is 16.4. The number of rotatable bonds is 8. The van der Waals surface area contributed by atoms with Crippen molar-refractivity contribution in [2.75, 3.05) is 23.8 Å². The highest BCUT2D eigenvalue weighted by Gasteiger charge is 2.35. The number of anilines is 2. The fourth-order valence-electron chi connectivity index (χ4n) is 3.66. The van der Waals surface area contributed by atoms with Gasteiger partial charge in [0, 0.05) is 42.9 Å². The van der Waals surface area contributed by atoms with Crippen molar-refractivity contribution in [3.8, 4) is 5.75 Å². The van der Waals surface area contributed by atoms with Gasteiger partial charge in [0.25, 0.3) is 5.91 Å². The molecule has 0 unspecified atom stereocenters. The zero-order valence-electron chi connectivity index (χ0n) is 18.2. The zero-order chi connectivity index (χ0) is 24.0. The first kappa shape index (κ1) is 23.5. The molecule has 1 aromatic carbocycles. The summed E-state index contributed by atoms with van der Waals surface area (Å²) in [5.41, 5.74) is 0.517. The van der Waals surface area contributed by atoms with Gasteiger partial charge in [-0.15, -0.1) is 0 Å². The van der Waals surface area contributed by atoms with Crippen LogP contribution < -0.4 is 20.7 Å². The van der Waals surface area contributed by atoms with Crippen LogP contribution in [0.1, 0.15) is 34.3 Å². The van der Waals surface area contributed by atoms with Crippen LogP contribution >= 0.6 is 0 Å². The molecule has 1 aliphatic rings. The first-order valence-corrected chi connectivity index (χ1v) is 10.9. The number of carbonyl (C=O) groups is 1. The Morgan fingerprint density at radius 2 is 1.97 bits per heavy atom. The van der Waals surface area contributed by atoms with Gasteiger partial charge in [0.15, 0.2) is 0 Å². The Kier molecular flexibility index (Phi) is 7.27. The molecule has 0 radical (unpaired) electrons. The van der Waals surface area contributed by atoms with E-state index in [9.17, 15) is 18.0 Å². The standard InChI is InChI=1S/C24H24F3N5O2/c25-24(26,27)20-6-5-17(13-21(20)34-15-18-3-1-9-29-18)32-23(33)19-4-2-10-30-22(19)31-14-16-7-11-28-12-8-16/h2,4-8,10-13,18,29H,1,3,9,14-15H2,(H,30,31)(H,32,33)/t18-/m1/s1. The summed E-state index contributed by atoms with van der Waals surface area (Å²) in [5.74, 6) is -0.470. The highest BCUT2D eigenvalue weighted by molar-refractivity contribution is 6.07. The molecule has 0 spiro atoms. The van der Waals surface area contributed by atoms with Crippen molar-refractivity contribution in [2.24, 2.45) is 0 Å². The SMILES string of the molecule is O=C(Nc1ccc(C(F)(F)F)c(OC[C@H]2CCCN2)c1)c1cccnc1NCc1ccncc1. The van der Waals surface area contributed by atoms with Gasteiger partial charge in [0.1, 0.15) is 18.2 Å². The summed E-state index contributed by atoms with van der Waals surface area (Å²) in [6.07, 6.45) is 2.10. The fraction of sp³-hybridized carbons (Fsp3) is 0.292. The second-order valence-electron chi connectivity index (χ2n) is 7.88. The Labute approximate surface area is 194 Å². The van der Waals surface area contributed by atoms with Crippen molar-refractivity contribution in [2.45, 2.75) is 31.6 Å². The smallest absolute Gasteiger partial charge is 0.419 e. The Hall–Kier alpha value is -3.66. The minimum absolute atomic E-state index is 0.00347. The number of nitrogens with zero attached hydrogens (tertiary/aromatic N) is 2. The van der Waals surface area contributed by atoms with Crippen LogP contribution in [0.15, 0.2) is 61.1 Å². The van der Waals surface area contributed by atoms with Gasteiger partial charge < -0.3 is 20.7 Å². The number of alkyl halides is 3. The van der Waals surface area contributed by atoms with E-state index < -0.39 is 17.6 Å². The lowest BCUT2D eigenvalue weighted by Crippen LogP contribution is -2.28. The van der Waals surface area contributed by atoms with Crippen molar-refractivity contribution in [1.82, 2.24) is 15.3 Å². The van der Waals surface area contributed by atoms with Gasteiger partial charge in [-0.3, -0.25) is 9.78 Å². The van der Waals surface area contributed by atoms with Crippen molar-refractivity contribution in [3.05, 3.63) is 77.7 Å². The summed E-state index contributed by atoms with van der Waals surface area (Å²) >= 11 is 0. The molecule has 1 fully saturated rings. The molecule has 0 aliphatic carbocycles. The third kappa shape index (κ3) is 6.02. The van der Waals surface area contributed by atoms with Gasteiger partial charge in [0.05, 0.1) is 11.1 Å². The van der Waals surface area contributed by atoms with Gasteiger partial charge in [-0.25, -0.2) is 4.98 Å². The molecular formula is C24H24F3N5O2. The molecule has 0 bridgehead atoms. The van der Waals surface area contributed by atoms with E-state index in [1.807, 2.05) is 12.1 Å². The lowest BCUT2D eigenvalue weighted by molar-refractivity contribution is -0.139. The number of ether oxygens (including phenoxy) is 1. The molecule has 1 amide bonds. The normalized spacial score (nSPS) is 15.7. The molecule has 2 aromatic heterocycles. The third-order valence-corrected chi connectivity index (χ3v) is 5.41. The van der Waals surface area contributed by atoms with Crippen LogP contribution in [0, 0.1) is 0 Å². The Morgan fingerprint density at radius 1 is 1.15 bits per heavy atom. The number of aromatic nitrogens is 2. The molecule has 1 saturated heterocycles. The molecule has 3 heterocycles. The van der Waals surface area contributed by atoms with Crippen LogP contribution in [0.3, 0.4) is 0 Å². The molecule has 4 rings (SSSR count). The van der Waals surface area contributed by atoms with Crippen LogP contribution in [-0.4, -0.2) is 35.1 Å². The van der Waals surface area contributed by atoms with Crippen LogP contribution in [0.25, 0.3) is 0 Å². The van der Waals surface area contributed by atoms with Crippen LogP contribution in [-0.2, 0) is 12.7 Å². The second kappa shape index (κ2) is 10.5.